The normalized spacial score (nSPS) is 26.5. The van der Waals surface area contributed by atoms with E-state index in [0.717, 1.165) is 11.5 Å². The number of aryl methyl sites for hydroxylation is 1. The Hall–Kier alpha value is -2.28. The van der Waals surface area contributed by atoms with Gasteiger partial charge in [-0.3, -0.25) is 4.79 Å². The predicted octanol–water partition coefficient (Wildman–Crippen LogP) is 2.32. The number of hydrogen-bond donors (Lipinski definition) is 0. The molecule has 1 amide bonds. The van der Waals surface area contributed by atoms with Crippen LogP contribution in [0.4, 0.5) is 0 Å². The minimum Gasteiger partial charge on any atom is -0.341 e. The fourth-order valence-electron chi connectivity index (χ4n) is 4.44. The molecule has 1 aromatic carbocycles. The van der Waals surface area contributed by atoms with E-state index < -0.39 is 9.84 Å². The van der Waals surface area contributed by atoms with Crippen LogP contribution in [0, 0.1) is 12.8 Å². The molecule has 2 fully saturated rings. The summed E-state index contributed by atoms with van der Waals surface area (Å²) in [5.41, 5.74) is 2.16. The minimum atomic E-state index is -2.96. The highest BCUT2D eigenvalue weighted by Crippen LogP contribution is 2.39. The minimum absolute atomic E-state index is 0.0481. The van der Waals surface area contributed by atoms with Crippen LogP contribution in [0.1, 0.15) is 41.8 Å². The maximum absolute atomic E-state index is 12.9. The number of carbonyl (C=O) groups excluding carboxylic acids is 1. The summed E-state index contributed by atoms with van der Waals surface area (Å²) in [5, 5.41) is 0. The third-order valence-corrected chi connectivity index (χ3v) is 7.70. The topological polar surface area (TPSA) is 80.2 Å². The molecule has 0 radical (unpaired) electrons. The smallest absolute Gasteiger partial charge is 0.222 e. The van der Waals surface area contributed by atoms with Crippen molar-refractivity contribution >= 4 is 15.7 Å². The Balaban J connectivity index is 1.55. The zero-order valence-corrected chi connectivity index (χ0v) is 16.8. The summed E-state index contributed by atoms with van der Waals surface area (Å²) in [5.74, 6) is 1.37. The number of amides is 1. The first kappa shape index (κ1) is 19.1. The van der Waals surface area contributed by atoms with Gasteiger partial charge in [0.1, 0.15) is 5.82 Å². The van der Waals surface area contributed by atoms with E-state index in [1.165, 1.54) is 5.56 Å². The van der Waals surface area contributed by atoms with Gasteiger partial charge in [0.2, 0.25) is 5.91 Å². The molecule has 0 spiro atoms. The van der Waals surface area contributed by atoms with Crippen molar-refractivity contribution in [2.45, 2.75) is 31.6 Å². The van der Waals surface area contributed by atoms with Gasteiger partial charge in [0.15, 0.2) is 9.84 Å². The van der Waals surface area contributed by atoms with E-state index in [1.54, 1.807) is 6.20 Å². The van der Waals surface area contributed by atoms with Crippen molar-refractivity contribution in [1.82, 2.24) is 14.9 Å². The summed E-state index contributed by atoms with van der Waals surface area (Å²) in [4.78, 5) is 23.6. The first-order valence-corrected chi connectivity index (χ1v) is 11.6. The molecular weight excluding hydrogens is 374 g/mol. The number of likely N-dealkylation sites (tertiary alicyclic amines) is 1. The molecule has 0 saturated carbocycles. The SMILES string of the molecule is Cc1nccc([C@@H]2CN(C(=O)CC3CCS(=O)(=O)C3)C[C@H]2c2ccccc2)n1. The van der Waals surface area contributed by atoms with E-state index in [0.29, 0.717) is 25.9 Å². The van der Waals surface area contributed by atoms with Crippen molar-refractivity contribution in [3.63, 3.8) is 0 Å². The van der Waals surface area contributed by atoms with Crippen molar-refractivity contribution in [3.05, 3.63) is 59.7 Å². The molecule has 2 saturated heterocycles. The average Bonchev–Trinajstić information content (AvgIpc) is 3.26. The lowest BCUT2D eigenvalue weighted by Gasteiger charge is -2.18. The van der Waals surface area contributed by atoms with Crippen LogP contribution >= 0.6 is 0 Å². The molecule has 148 valence electrons. The number of hydrogen-bond acceptors (Lipinski definition) is 5. The molecule has 4 rings (SSSR count). The molecule has 2 aromatic rings. The highest BCUT2D eigenvalue weighted by Gasteiger charge is 2.39. The molecule has 7 heteroatoms. The second-order valence-electron chi connectivity index (χ2n) is 7.92. The Bertz CT molecular complexity index is 962. The van der Waals surface area contributed by atoms with Gasteiger partial charge < -0.3 is 4.90 Å². The Morgan fingerprint density at radius 3 is 2.57 bits per heavy atom. The van der Waals surface area contributed by atoms with Crippen LogP contribution in [0.15, 0.2) is 42.6 Å². The molecule has 3 heterocycles. The van der Waals surface area contributed by atoms with Crippen LogP contribution in [0.25, 0.3) is 0 Å². The number of benzene rings is 1. The molecule has 2 aliphatic heterocycles. The predicted molar refractivity (Wildman–Crippen MR) is 107 cm³/mol. The Kier molecular flexibility index (Phi) is 5.19. The molecule has 3 atom stereocenters. The summed E-state index contributed by atoms with van der Waals surface area (Å²) in [7, 11) is -2.96. The van der Waals surface area contributed by atoms with Crippen molar-refractivity contribution in [2.24, 2.45) is 5.92 Å². The lowest BCUT2D eigenvalue weighted by atomic mass is 9.87. The van der Waals surface area contributed by atoms with Gasteiger partial charge in [0.05, 0.1) is 11.5 Å². The number of rotatable bonds is 4. The molecule has 2 aliphatic rings. The van der Waals surface area contributed by atoms with Crippen molar-refractivity contribution in [1.29, 1.82) is 0 Å². The van der Waals surface area contributed by atoms with Crippen LogP contribution in [0.2, 0.25) is 0 Å². The lowest BCUT2D eigenvalue weighted by Crippen LogP contribution is -2.30. The molecular formula is C21H25N3O3S. The molecule has 28 heavy (non-hydrogen) atoms. The third kappa shape index (κ3) is 4.09. The molecule has 0 aliphatic carbocycles. The molecule has 6 nitrogen and oxygen atoms in total. The standard InChI is InChI=1S/C21H25N3O3S/c1-15-22-9-7-20(23-15)19-13-24(12-18(19)17-5-3-2-4-6-17)21(25)11-16-8-10-28(26,27)14-16/h2-7,9,16,18-19H,8,10-14H2,1H3/t16?,18-,19+/m0/s1. The third-order valence-electron chi connectivity index (χ3n) is 5.87. The Labute approximate surface area is 165 Å². The fourth-order valence-corrected chi connectivity index (χ4v) is 6.30. The first-order valence-electron chi connectivity index (χ1n) is 9.74. The monoisotopic (exact) mass is 399 g/mol. The summed E-state index contributed by atoms with van der Waals surface area (Å²) >= 11 is 0. The number of aromatic nitrogens is 2. The Morgan fingerprint density at radius 1 is 1.14 bits per heavy atom. The van der Waals surface area contributed by atoms with E-state index >= 15 is 0 Å². The van der Waals surface area contributed by atoms with E-state index in [2.05, 4.69) is 22.1 Å². The fraction of sp³-hybridized carbons (Fsp3) is 0.476. The zero-order chi connectivity index (χ0) is 19.7. The maximum atomic E-state index is 12.9. The largest absolute Gasteiger partial charge is 0.341 e. The van der Waals surface area contributed by atoms with Gasteiger partial charge >= 0.3 is 0 Å². The summed E-state index contributed by atoms with van der Waals surface area (Å²) in [6.07, 6.45) is 2.68. The van der Waals surface area contributed by atoms with E-state index in [-0.39, 0.29) is 35.2 Å². The average molecular weight is 400 g/mol. The van der Waals surface area contributed by atoms with E-state index in [4.69, 9.17) is 0 Å². The number of nitrogens with zero attached hydrogens (tertiary/aromatic N) is 3. The maximum Gasteiger partial charge on any atom is 0.222 e. The van der Waals surface area contributed by atoms with Gasteiger partial charge in [-0.05, 0) is 30.9 Å². The molecule has 1 aromatic heterocycles. The Morgan fingerprint density at radius 2 is 1.89 bits per heavy atom. The van der Waals surface area contributed by atoms with Gasteiger partial charge in [-0.2, -0.15) is 0 Å². The van der Waals surface area contributed by atoms with Crippen molar-refractivity contribution in [3.8, 4) is 0 Å². The van der Waals surface area contributed by atoms with Crippen LogP contribution in [0.5, 0.6) is 0 Å². The number of sulfone groups is 1. The molecule has 0 bridgehead atoms. The summed E-state index contributed by atoms with van der Waals surface area (Å²) in [6, 6.07) is 12.2. The van der Waals surface area contributed by atoms with Gasteiger partial charge in [-0.15, -0.1) is 0 Å². The van der Waals surface area contributed by atoms with Crippen LogP contribution in [-0.2, 0) is 14.6 Å². The summed E-state index contributed by atoms with van der Waals surface area (Å²) < 4.78 is 23.4. The zero-order valence-electron chi connectivity index (χ0n) is 16.0. The van der Waals surface area contributed by atoms with Gasteiger partial charge in [0.25, 0.3) is 0 Å². The highest BCUT2D eigenvalue weighted by atomic mass is 32.2. The van der Waals surface area contributed by atoms with Gasteiger partial charge in [0, 0.05) is 43.2 Å². The van der Waals surface area contributed by atoms with Crippen LogP contribution in [0.3, 0.4) is 0 Å². The second-order valence-corrected chi connectivity index (χ2v) is 10.2. The first-order chi connectivity index (χ1) is 13.4. The van der Waals surface area contributed by atoms with Crippen molar-refractivity contribution in [2.75, 3.05) is 24.6 Å². The second kappa shape index (κ2) is 7.62. The van der Waals surface area contributed by atoms with Gasteiger partial charge in [-0.25, -0.2) is 18.4 Å². The van der Waals surface area contributed by atoms with E-state index in [9.17, 15) is 13.2 Å². The molecule has 1 unspecified atom stereocenters. The quantitative estimate of drug-likeness (QED) is 0.788. The van der Waals surface area contributed by atoms with Crippen LogP contribution < -0.4 is 0 Å². The number of carbonyl (C=O) groups is 1. The lowest BCUT2D eigenvalue weighted by molar-refractivity contribution is -0.131. The highest BCUT2D eigenvalue weighted by molar-refractivity contribution is 7.91. The van der Waals surface area contributed by atoms with Gasteiger partial charge in [-0.1, -0.05) is 30.3 Å². The van der Waals surface area contributed by atoms with Crippen LogP contribution in [-0.4, -0.2) is 53.8 Å². The molecule has 0 N–H and O–H groups in total. The van der Waals surface area contributed by atoms with Crippen molar-refractivity contribution < 1.29 is 13.2 Å². The summed E-state index contributed by atoms with van der Waals surface area (Å²) in [6.45, 7) is 3.11. The van der Waals surface area contributed by atoms with E-state index in [1.807, 2.05) is 36.1 Å².